The fourth-order valence-electron chi connectivity index (χ4n) is 1.36. The van der Waals surface area contributed by atoms with Crippen molar-refractivity contribution in [3.8, 4) is 0 Å². The minimum absolute atomic E-state index is 0.0690. The molecule has 0 amide bonds. The minimum Gasteiger partial charge on any atom is -0.207 e. The third-order valence-electron chi connectivity index (χ3n) is 2.37. The lowest BCUT2D eigenvalue weighted by Crippen LogP contribution is -2.08. The average Bonchev–Trinajstić information content (AvgIpc) is 2.01. The molecule has 0 fully saturated rings. The van der Waals surface area contributed by atoms with Gasteiger partial charge in [0.05, 0.1) is 0 Å². The van der Waals surface area contributed by atoms with E-state index >= 15 is 0 Å². The summed E-state index contributed by atoms with van der Waals surface area (Å²) in [6.07, 6.45) is 6.08. The quantitative estimate of drug-likeness (QED) is 0.549. The van der Waals surface area contributed by atoms with E-state index < -0.39 is 0 Å². The number of hydrogen-bond acceptors (Lipinski definition) is 0. The summed E-state index contributed by atoms with van der Waals surface area (Å²) < 4.78 is 13.2. The zero-order valence-corrected chi connectivity index (χ0v) is 7.68. The fourth-order valence-corrected chi connectivity index (χ4v) is 1.36. The summed E-state index contributed by atoms with van der Waals surface area (Å²) in [4.78, 5) is 0. The van der Waals surface area contributed by atoms with Crippen LogP contribution in [0.1, 0.15) is 20.3 Å². The lowest BCUT2D eigenvalue weighted by Gasteiger charge is -2.19. The maximum atomic E-state index is 13.2. The van der Waals surface area contributed by atoms with Crippen molar-refractivity contribution >= 4 is 0 Å². The Bertz CT molecular complexity index is 235. The van der Waals surface area contributed by atoms with Gasteiger partial charge < -0.3 is 0 Å². The first-order valence-electron chi connectivity index (χ1n) is 4.34. The van der Waals surface area contributed by atoms with Crippen molar-refractivity contribution in [2.75, 3.05) is 0 Å². The minimum atomic E-state index is -0.0690. The van der Waals surface area contributed by atoms with Gasteiger partial charge in [0.2, 0.25) is 0 Å². The molecule has 1 heteroatoms. The van der Waals surface area contributed by atoms with E-state index in [0.29, 0.717) is 18.3 Å². The van der Waals surface area contributed by atoms with Crippen LogP contribution in [-0.4, -0.2) is 0 Å². The number of halogens is 1. The Hall–Kier alpha value is -0.850. The number of rotatable bonds is 2. The van der Waals surface area contributed by atoms with Crippen LogP contribution in [0.3, 0.4) is 0 Å². The van der Waals surface area contributed by atoms with Gasteiger partial charge in [-0.05, 0) is 29.9 Å². The topological polar surface area (TPSA) is 0 Å². The summed E-state index contributed by atoms with van der Waals surface area (Å²) >= 11 is 0. The smallest absolute Gasteiger partial charge is 0.122 e. The van der Waals surface area contributed by atoms with Gasteiger partial charge in [0, 0.05) is 0 Å². The molecule has 2 atom stereocenters. The van der Waals surface area contributed by atoms with Gasteiger partial charge >= 0.3 is 0 Å². The van der Waals surface area contributed by atoms with Crippen molar-refractivity contribution in [2.24, 2.45) is 11.8 Å². The molecule has 0 aromatic rings. The van der Waals surface area contributed by atoms with Crippen LogP contribution in [0.15, 0.2) is 36.2 Å². The summed E-state index contributed by atoms with van der Waals surface area (Å²) in [6, 6.07) is 0. The molecule has 0 N–H and O–H groups in total. The molecule has 1 aliphatic carbocycles. The van der Waals surface area contributed by atoms with Crippen LogP contribution in [0.5, 0.6) is 0 Å². The van der Waals surface area contributed by atoms with Crippen LogP contribution in [-0.2, 0) is 0 Å². The van der Waals surface area contributed by atoms with Crippen LogP contribution in [0.2, 0.25) is 0 Å². The Morgan fingerprint density at radius 2 is 2.00 bits per heavy atom. The molecule has 0 bridgehead atoms. The highest BCUT2D eigenvalue weighted by molar-refractivity contribution is 5.32. The Kier molecular flexibility index (Phi) is 2.85. The van der Waals surface area contributed by atoms with Crippen LogP contribution >= 0.6 is 0 Å². The maximum absolute atomic E-state index is 13.2. The monoisotopic (exact) mass is 166 g/mol. The molecule has 66 valence electrons. The summed E-state index contributed by atoms with van der Waals surface area (Å²) in [5, 5.41) is 0. The third-order valence-corrected chi connectivity index (χ3v) is 2.37. The third kappa shape index (κ3) is 1.84. The van der Waals surface area contributed by atoms with Crippen molar-refractivity contribution in [1.82, 2.24) is 0 Å². The molecule has 0 saturated heterocycles. The Morgan fingerprint density at radius 3 is 2.58 bits per heavy atom. The van der Waals surface area contributed by atoms with Crippen molar-refractivity contribution < 1.29 is 4.39 Å². The van der Waals surface area contributed by atoms with Gasteiger partial charge in [-0.15, -0.1) is 6.58 Å². The van der Waals surface area contributed by atoms with Crippen molar-refractivity contribution in [2.45, 2.75) is 20.3 Å². The average molecular weight is 166 g/mol. The largest absolute Gasteiger partial charge is 0.207 e. The zero-order chi connectivity index (χ0) is 9.14. The zero-order valence-electron chi connectivity index (χ0n) is 7.68. The van der Waals surface area contributed by atoms with Gasteiger partial charge in [-0.25, -0.2) is 4.39 Å². The van der Waals surface area contributed by atoms with E-state index in [0.717, 1.165) is 5.57 Å². The van der Waals surface area contributed by atoms with Crippen LogP contribution in [0.4, 0.5) is 4.39 Å². The first-order valence-corrected chi connectivity index (χ1v) is 4.34. The predicted octanol–water partition coefficient (Wildman–Crippen LogP) is 3.63. The van der Waals surface area contributed by atoms with Crippen molar-refractivity contribution in [1.29, 1.82) is 0 Å². The van der Waals surface area contributed by atoms with Crippen molar-refractivity contribution in [3.63, 3.8) is 0 Å². The highest BCUT2D eigenvalue weighted by Gasteiger charge is 2.17. The highest BCUT2D eigenvalue weighted by atomic mass is 19.1. The molecule has 0 saturated carbocycles. The summed E-state index contributed by atoms with van der Waals surface area (Å²) in [5.41, 5.74) is 0.788. The normalized spacial score (nSPS) is 29.2. The highest BCUT2D eigenvalue weighted by Crippen LogP contribution is 2.29. The van der Waals surface area contributed by atoms with E-state index in [2.05, 4.69) is 13.5 Å². The molecule has 2 unspecified atom stereocenters. The molecule has 0 aromatic heterocycles. The van der Waals surface area contributed by atoms with Gasteiger partial charge in [0.15, 0.2) is 0 Å². The van der Waals surface area contributed by atoms with Crippen LogP contribution in [0.25, 0.3) is 0 Å². The van der Waals surface area contributed by atoms with Crippen molar-refractivity contribution in [3.05, 3.63) is 36.2 Å². The molecule has 0 spiro atoms. The molecule has 0 nitrogen and oxygen atoms in total. The standard InChI is InChI=1S/C11H15F/c1-4-5-10-6-8(2)9(3)7-11(10)12/h4,6-9H,1,5H2,2-3H3. The Morgan fingerprint density at radius 1 is 1.42 bits per heavy atom. The van der Waals surface area contributed by atoms with Gasteiger partial charge in [-0.2, -0.15) is 0 Å². The summed E-state index contributed by atoms with van der Waals surface area (Å²) in [5.74, 6) is 0.693. The van der Waals surface area contributed by atoms with E-state index in [1.54, 1.807) is 12.2 Å². The maximum Gasteiger partial charge on any atom is 0.122 e. The second-order valence-electron chi connectivity index (χ2n) is 3.42. The number of allylic oxidation sites excluding steroid dienone is 5. The lowest BCUT2D eigenvalue weighted by molar-refractivity contribution is 0.508. The molecule has 0 heterocycles. The molecular formula is C11H15F. The predicted molar refractivity (Wildman–Crippen MR) is 50.4 cm³/mol. The van der Waals surface area contributed by atoms with Gasteiger partial charge in [0.1, 0.15) is 5.83 Å². The Balaban J connectivity index is 2.80. The van der Waals surface area contributed by atoms with Crippen LogP contribution in [0, 0.1) is 11.8 Å². The van der Waals surface area contributed by atoms with Crippen LogP contribution < -0.4 is 0 Å². The molecule has 1 aliphatic rings. The van der Waals surface area contributed by atoms with E-state index in [4.69, 9.17) is 0 Å². The molecule has 1 rings (SSSR count). The molecular weight excluding hydrogens is 151 g/mol. The van der Waals surface area contributed by atoms with Gasteiger partial charge in [-0.3, -0.25) is 0 Å². The fraction of sp³-hybridized carbons (Fsp3) is 0.455. The molecule has 0 aliphatic heterocycles. The van der Waals surface area contributed by atoms with E-state index in [1.807, 2.05) is 13.0 Å². The molecule has 0 aromatic carbocycles. The second kappa shape index (κ2) is 3.70. The van der Waals surface area contributed by atoms with Gasteiger partial charge in [0.25, 0.3) is 0 Å². The lowest BCUT2D eigenvalue weighted by atomic mass is 9.87. The Labute approximate surface area is 73.5 Å². The SMILES string of the molecule is C=CCC1=CC(C)C(C)C=C1F. The second-order valence-corrected chi connectivity index (χ2v) is 3.42. The number of hydrogen-bond donors (Lipinski definition) is 0. The summed E-state index contributed by atoms with van der Waals surface area (Å²) in [6.45, 7) is 7.74. The first kappa shape index (κ1) is 9.24. The molecule has 0 radical (unpaired) electrons. The van der Waals surface area contributed by atoms with E-state index in [1.165, 1.54) is 0 Å². The van der Waals surface area contributed by atoms with E-state index in [-0.39, 0.29) is 5.83 Å². The molecule has 12 heavy (non-hydrogen) atoms. The van der Waals surface area contributed by atoms with E-state index in [9.17, 15) is 4.39 Å². The first-order chi connectivity index (χ1) is 5.65. The van der Waals surface area contributed by atoms with Gasteiger partial charge in [-0.1, -0.05) is 26.0 Å². The summed E-state index contributed by atoms with van der Waals surface area (Å²) in [7, 11) is 0.